The predicted octanol–water partition coefficient (Wildman–Crippen LogP) is 1.95. The Balaban J connectivity index is 2.55. The number of hydrogen-bond acceptors (Lipinski definition) is 2. The summed E-state index contributed by atoms with van der Waals surface area (Å²) in [6.07, 6.45) is 4.92. The zero-order valence-corrected chi connectivity index (χ0v) is 9.27. The van der Waals surface area contributed by atoms with Crippen molar-refractivity contribution < 1.29 is 0 Å². The van der Waals surface area contributed by atoms with E-state index < -0.39 is 0 Å². The van der Waals surface area contributed by atoms with E-state index in [4.69, 9.17) is 5.73 Å². The highest BCUT2D eigenvalue weighted by molar-refractivity contribution is 5.80. The van der Waals surface area contributed by atoms with Crippen molar-refractivity contribution in [3.8, 4) is 0 Å². The molecule has 15 heavy (non-hydrogen) atoms. The summed E-state index contributed by atoms with van der Waals surface area (Å²) >= 11 is 0. The Labute approximate surface area is 89.9 Å². The zero-order chi connectivity index (χ0) is 10.8. The van der Waals surface area contributed by atoms with Gasteiger partial charge in [0.2, 0.25) is 0 Å². The van der Waals surface area contributed by atoms with Crippen molar-refractivity contribution in [1.82, 2.24) is 9.55 Å². The Bertz CT molecular complexity index is 457. The molecule has 1 unspecified atom stereocenters. The molecule has 0 bridgehead atoms. The van der Waals surface area contributed by atoms with E-state index >= 15 is 0 Å². The quantitative estimate of drug-likeness (QED) is 0.828. The van der Waals surface area contributed by atoms with Crippen LogP contribution < -0.4 is 5.73 Å². The molecule has 80 valence electrons. The maximum atomic E-state index is 5.84. The van der Waals surface area contributed by atoms with E-state index in [1.807, 2.05) is 19.2 Å². The number of pyridine rings is 1. The van der Waals surface area contributed by atoms with Crippen LogP contribution in [0.2, 0.25) is 0 Å². The van der Waals surface area contributed by atoms with Gasteiger partial charge in [0.05, 0.1) is 0 Å². The number of aromatic nitrogens is 2. The van der Waals surface area contributed by atoms with Crippen LogP contribution in [0.4, 0.5) is 0 Å². The first-order chi connectivity index (χ1) is 7.22. The second kappa shape index (κ2) is 4.03. The van der Waals surface area contributed by atoms with Crippen molar-refractivity contribution in [2.24, 2.45) is 5.73 Å². The van der Waals surface area contributed by atoms with Gasteiger partial charge in [0.1, 0.15) is 5.65 Å². The van der Waals surface area contributed by atoms with Gasteiger partial charge in [-0.2, -0.15) is 0 Å². The molecular weight excluding hydrogens is 186 g/mol. The highest BCUT2D eigenvalue weighted by atomic mass is 15.0. The van der Waals surface area contributed by atoms with Gasteiger partial charge in [0, 0.05) is 30.4 Å². The van der Waals surface area contributed by atoms with Crippen LogP contribution >= 0.6 is 0 Å². The van der Waals surface area contributed by atoms with E-state index in [1.54, 1.807) is 0 Å². The molecule has 2 rings (SSSR count). The summed E-state index contributed by atoms with van der Waals surface area (Å²) in [6.45, 7) is 5.11. The maximum absolute atomic E-state index is 5.84. The molecule has 0 aliphatic rings. The van der Waals surface area contributed by atoms with Crippen molar-refractivity contribution in [1.29, 1.82) is 0 Å². The molecule has 2 aromatic rings. The summed E-state index contributed by atoms with van der Waals surface area (Å²) < 4.78 is 2.17. The highest BCUT2D eigenvalue weighted by Crippen LogP contribution is 2.20. The molecule has 2 aromatic heterocycles. The SMILES string of the molecule is CCn1cc(CC(C)N)c2cccnc21. The van der Waals surface area contributed by atoms with Crippen molar-refractivity contribution in [2.45, 2.75) is 32.9 Å². The smallest absolute Gasteiger partial charge is 0.140 e. The van der Waals surface area contributed by atoms with E-state index in [2.05, 4.69) is 28.7 Å². The number of rotatable bonds is 3. The van der Waals surface area contributed by atoms with Crippen LogP contribution in [0.5, 0.6) is 0 Å². The average molecular weight is 203 g/mol. The number of nitrogens with zero attached hydrogens (tertiary/aromatic N) is 2. The Hall–Kier alpha value is -1.35. The van der Waals surface area contributed by atoms with Crippen LogP contribution in [0.3, 0.4) is 0 Å². The second-order valence-corrected chi connectivity index (χ2v) is 4.00. The third-order valence-electron chi connectivity index (χ3n) is 2.60. The van der Waals surface area contributed by atoms with Gasteiger partial charge >= 0.3 is 0 Å². The van der Waals surface area contributed by atoms with Crippen LogP contribution in [-0.4, -0.2) is 15.6 Å². The first kappa shape index (κ1) is 10.2. The topological polar surface area (TPSA) is 43.8 Å². The summed E-state index contributed by atoms with van der Waals surface area (Å²) in [4.78, 5) is 4.40. The molecule has 0 aromatic carbocycles. The number of fused-ring (bicyclic) bond motifs is 1. The average Bonchev–Trinajstić information content (AvgIpc) is 2.56. The van der Waals surface area contributed by atoms with Gasteiger partial charge in [0.25, 0.3) is 0 Å². The molecule has 3 heteroatoms. The summed E-state index contributed by atoms with van der Waals surface area (Å²) in [5.41, 5.74) is 8.20. The molecule has 0 saturated heterocycles. The van der Waals surface area contributed by atoms with E-state index in [-0.39, 0.29) is 6.04 Å². The fraction of sp³-hybridized carbons (Fsp3) is 0.417. The third kappa shape index (κ3) is 1.88. The molecule has 0 amide bonds. The van der Waals surface area contributed by atoms with E-state index in [0.717, 1.165) is 18.6 Å². The van der Waals surface area contributed by atoms with Crippen molar-refractivity contribution in [3.63, 3.8) is 0 Å². The molecule has 2 heterocycles. The van der Waals surface area contributed by atoms with Gasteiger partial charge < -0.3 is 10.3 Å². The minimum absolute atomic E-state index is 0.195. The molecule has 0 saturated carbocycles. The monoisotopic (exact) mass is 203 g/mol. The standard InChI is InChI=1S/C12H17N3/c1-3-15-8-10(7-9(2)13)11-5-4-6-14-12(11)15/h4-6,8-9H,3,7,13H2,1-2H3. The predicted molar refractivity (Wildman–Crippen MR) is 62.8 cm³/mol. The Kier molecular flexibility index (Phi) is 2.73. The van der Waals surface area contributed by atoms with Crippen LogP contribution in [0.15, 0.2) is 24.5 Å². The second-order valence-electron chi connectivity index (χ2n) is 4.00. The first-order valence-corrected chi connectivity index (χ1v) is 5.40. The van der Waals surface area contributed by atoms with Gasteiger partial charge in [-0.3, -0.25) is 0 Å². The van der Waals surface area contributed by atoms with Gasteiger partial charge in [-0.25, -0.2) is 4.98 Å². The highest BCUT2D eigenvalue weighted by Gasteiger charge is 2.09. The minimum Gasteiger partial charge on any atom is -0.333 e. The molecular formula is C12H17N3. The summed E-state index contributed by atoms with van der Waals surface area (Å²) in [5.74, 6) is 0. The summed E-state index contributed by atoms with van der Waals surface area (Å²) in [6, 6.07) is 4.29. The lowest BCUT2D eigenvalue weighted by Crippen LogP contribution is -2.17. The molecule has 3 nitrogen and oxygen atoms in total. The van der Waals surface area contributed by atoms with E-state index in [0.29, 0.717) is 0 Å². The Morgan fingerprint density at radius 1 is 1.53 bits per heavy atom. The number of aryl methyl sites for hydroxylation is 1. The Morgan fingerprint density at radius 2 is 2.33 bits per heavy atom. The molecule has 0 radical (unpaired) electrons. The van der Waals surface area contributed by atoms with Crippen molar-refractivity contribution in [2.75, 3.05) is 0 Å². The largest absolute Gasteiger partial charge is 0.333 e. The maximum Gasteiger partial charge on any atom is 0.140 e. The van der Waals surface area contributed by atoms with Crippen LogP contribution in [0.1, 0.15) is 19.4 Å². The fourth-order valence-electron chi connectivity index (χ4n) is 1.95. The van der Waals surface area contributed by atoms with Crippen molar-refractivity contribution >= 4 is 11.0 Å². The first-order valence-electron chi connectivity index (χ1n) is 5.40. The van der Waals surface area contributed by atoms with Gasteiger partial charge in [0.15, 0.2) is 0 Å². The lowest BCUT2D eigenvalue weighted by atomic mass is 10.1. The normalized spacial score (nSPS) is 13.3. The molecule has 0 aliphatic heterocycles. The molecule has 0 spiro atoms. The lowest BCUT2D eigenvalue weighted by molar-refractivity contribution is 0.730. The van der Waals surface area contributed by atoms with Crippen molar-refractivity contribution in [3.05, 3.63) is 30.1 Å². The van der Waals surface area contributed by atoms with Gasteiger partial charge in [-0.1, -0.05) is 0 Å². The minimum atomic E-state index is 0.195. The Morgan fingerprint density at radius 3 is 3.00 bits per heavy atom. The molecule has 1 atom stereocenters. The van der Waals surface area contributed by atoms with Gasteiger partial charge in [-0.05, 0) is 38.0 Å². The molecule has 0 fully saturated rings. The van der Waals surface area contributed by atoms with E-state index in [9.17, 15) is 0 Å². The van der Waals surface area contributed by atoms with Gasteiger partial charge in [-0.15, -0.1) is 0 Å². The lowest BCUT2D eigenvalue weighted by Gasteiger charge is -2.02. The number of nitrogens with two attached hydrogens (primary N) is 1. The zero-order valence-electron chi connectivity index (χ0n) is 9.27. The third-order valence-corrected chi connectivity index (χ3v) is 2.60. The fourth-order valence-corrected chi connectivity index (χ4v) is 1.95. The summed E-state index contributed by atoms with van der Waals surface area (Å²) in [5, 5.41) is 1.23. The van der Waals surface area contributed by atoms with E-state index in [1.165, 1.54) is 10.9 Å². The molecule has 0 aliphatic carbocycles. The van der Waals surface area contributed by atoms with Crippen LogP contribution in [-0.2, 0) is 13.0 Å². The molecule has 2 N–H and O–H groups in total. The summed E-state index contributed by atoms with van der Waals surface area (Å²) in [7, 11) is 0. The van der Waals surface area contributed by atoms with Crippen LogP contribution in [0.25, 0.3) is 11.0 Å². The number of hydrogen-bond donors (Lipinski definition) is 1. The van der Waals surface area contributed by atoms with Crippen LogP contribution in [0, 0.1) is 0 Å².